The SMILES string of the molecule is COC(=O)c1ccc(NC(=O)c2sc(-c3ccc(F)cc3)nc2C)cc1. The summed E-state index contributed by atoms with van der Waals surface area (Å²) in [7, 11) is 1.31. The minimum absolute atomic E-state index is 0.292. The normalized spacial score (nSPS) is 10.4. The Bertz CT molecular complexity index is 950. The highest BCUT2D eigenvalue weighted by atomic mass is 32.1. The molecule has 0 spiro atoms. The predicted octanol–water partition coefficient (Wildman–Crippen LogP) is 4.30. The first-order valence-electron chi connectivity index (χ1n) is 7.71. The number of halogens is 1. The molecule has 3 aromatic rings. The van der Waals surface area contributed by atoms with Crippen LogP contribution in [0.1, 0.15) is 25.7 Å². The Morgan fingerprint density at radius 2 is 1.73 bits per heavy atom. The molecule has 0 aliphatic rings. The largest absolute Gasteiger partial charge is 0.465 e. The van der Waals surface area contributed by atoms with Gasteiger partial charge in [-0.25, -0.2) is 14.2 Å². The van der Waals surface area contributed by atoms with Gasteiger partial charge in [0.15, 0.2) is 0 Å². The number of aryl methyl sites for hydroxylation is 1. The summed E-state index contributed by atoms with van der Waals surface area (Å²) in [5, 5.41) is 3.42. The lowest BCUT2D eigenvalue weighted by atomic mass is 10.2. The van der Waals surface area contributed by atoms with Gasteiger partial charge in [0.05, 0.1) is 18.4 Å². The van der Waals surface area contributed by atoms with E-state index in [2.05, 4.69) is 15.0 Å². The number of carbonyl (C=O) groups excluding carboxylic acids is 2. The van der Waals surface area contributed by atoms with Crippen LogP contribution in [-0.2, 0) is 4.74 Å². The first-order chi connectivity index (χ1) is 12.5. The summed E-state index contributed by atoms with van der Waals surface area (Å²) in [4.78, 5) is 28.8. The number of amides is 1. The van der Waals surface area contributed by atoms with Crippen molar-refractivity contribution in [3.8, 4) is 10.6 Å². The van der Waals surface area contributed by atoms with Gasteiger partial charge in [-0.3, -0.25) is 4.79 Å². The van der Waals surface area contributed by atoms with E-state index >= 15 is 0 Å². The lowest BCUT2D eigenvalue weighted by Crippen LogP contribution is -2.11. The highest BCUT2D eigenvalue weighted by molar-refractivity contribution is 7.17. The van der Waals surface area contributed by atoms with Gasteiger partial charge in [0.25, 0.3) is 5.91 Å². The summed E-state index contributed by atoms with van der Waals surface area (Å²) >= 11 is 1.24. The van der Waals surface area contributed by atoms with Crippen molar-refractivity contribution in [3.63, 3.8) is 0 Å². The van der Waals surface area contributed by atoms with E-state index in [1.165, 1.54) is 30.6 Å². The second kappa shape index (κ2) is 7.45. The minimum Gasteiger partial charge on any atom is -0.465 e. The summed E-state index contributed by atoms with van der Waals surface area (Å²) in [6, 6.07) is 12.4. The Balaban J connectivity index is 1.78. The smallest absolute Gasteiger partial charge is 0.337 e. The highest BCUT2D eigenvalue weighted by Gasteiger charge is 2.17. The van der Waals surface area contributed by atoms with E-state index in [4.69, 9.17) is 0 Å². The lowest BCUT2D eigenvalue weighted by molar-refractivity contribution is 0.0600. The maximum Gasteiger partial charge on any atom is 0.337 e. The van der Waals surface area contributed by atoms with E-state index in [-0.39, 0.29) is 11.7 Å². The van der Waals surface area contributed by atoms with Crippen LogP contribution in [0.2, 0.25) is 0 Å². The van der Waals surface area contributed by atoms with Crippen molar-refractivity contribution in [2.24, 2.45) is 0 Å². The van der Waals surface area contributed by atoms with Crippen molar-refractivity contribution >= 4 is 28.9 Å². The summed E-state index contributed by atoms with van der Waals surface area (Å²) in [6.45, 7) is 1.75. The van der Waals surface area contributed by atoms with Crippen LogP contribution in [0.3, 0.4) is 0 Å². The molecular weight excluding hydrogens is 355 g/mol. The molecule has 0 saturated heterocycles. The molecule has 0 saturated carbocycles. The number of aromatic nitrogens is 1. The fourth-order valence-electron chi connectivity index (χ4n) is 2.32. The molecule has 1 N–H and O–H groups in total. The third-order valence-electron chi connectivity index (χ3n) is 3.66. The monoisotopic (exact) mass is 370 g/mol. The molecule has 1 amide bonds. The number of nitrogens with one attached hydrogen (secondary N) is 1. The van der Waals surface area contributed by atoms with E-state index in [1.807, 2.05) is 0 Å². The molecular formula is C19H15FN2O3S. The van der Waals surface area contributed by atoms with Gasteiger partial charge in [0, 0.05) is 11.3 Å². The lowest BCUT2D eigenvalue weighted by Gasteiger charge is -2.05. The number of thiazole rings is 1. The number of nitrogens with zero attached hydrogens (tertiary/aromatic N) is 1. The zero-order valence-electron chi connectivity index (χ0n) is 14.1. The number of anilines is 1. The maximum atomic E-state index is 13.0. The first-order valence-corrected chi connectivity index (χ1v) is 8.52. The molecule has 26 heavy (non-hydrogen) atoms. The van der Waals surface area contributed by atoms with Crippen LogP contribution in [0.5, 0.6) is 0 Å². The first kappa shape index (κ1) is 17.8. The molecule has 1 heterocycles. The molecule has 0 aliphatic heterocycles. The van der Waals surface area contributed by atoms with Gasteiger partial charge in [0.2, 0.25) is 0 Å². The molecule has 0 aliphatic carbocycles. The van der Waals surface area contributed by atoms with E-state index in [0.29, 0.717) is 26.8 Å². The van der Waals surface area contributed by atoms with Crippen molar-refractivity contribution in [1.82, 2.24) is 4.98 Å². The van der Waals surface area contributed by atoms with Gasteiger partial charge in [-0.15, -0.1) is 11.3 Å². The number of esters is 1. The fourth-order valence-corrected chi connectivity index (χ4v) is 3.29. The summed E-state index contributed by atoms with van der Waals surface area (Å²) < 4.78 is 17.7. The average Bonchev–Trinajstić information content (AvgIpc) is 3.04. The van der Waals surface area contributed by atoms with Gasteiger partial charge in [-0.05, 0) is 55.5 Å². The zero-order valence-corrected chi connectivity index (χ0v) is 14.9. The standard InChI is InChI=1S/C19H15FN2O3S/c1-11-16(26-18(21-11)12-3-7-14(20)8-4-12)17(23)22-15-9-5-13(6-10-15)19(24)25-2/h3-10H,1-2H3,(H,22,23). The van der Waals surface area contributed by atoms with E-state index in [0.717, 1.165) is 5.56 Å². The van der Waals surface area contributed by atoms with E-state index in [9.17, 15) is 14.0 Å². The van der Waals surface area contributed by atoms with Gasteiger partial charge < -0.3 is 10.1 Å². The topological polar surface area (TPSA) is 68.3 Å². The number of ether oxygens (including phenoxy) is 1. The molecule has 0 bridgehead atoms. The van der Waals surface area contributed by atoms with Crippen molar-refractivity contribution in [1.29, 1.82) is 0 Å². The van der Waals surface area contributed by atoms with Crippen LogP contribution in [-0.4, -0.2) is 24.0 Å². The Labute approximate surface area is 153 Å². The number of hydrogen-bond acceptors (Lipinski definition) is 5. The molecule has 1 aromatic heterocycles. The third-order valence-corrected chi connectivity index (χ3v) is 4.86. The number of benzene rings is 2. The average molecular weight is 370 g/mol. The summed E-state index contributed by atoms with van der Waals surface area (Å²) in [6.07, 6.45) is 0. The van der Waals surface area contributed by atoms with Crippen molar-refractivity contribution in [2.75, 3.05) is 12.4 Å². The Morgan fingerprint density at radius 3 is 2.35 bits per heavy atom. The molecule has 0 fully saturated rings. The van der Waals surface area contributed by atoms with Gasteiger partial charge in [-0.2, -0.15) is 0 Å². The highest BCUT2D eigenvalue weighted by Crippen LogP contribution is 2.28. The quantitative estimate of drug-likeness (QED) is 0.696. The Morgan fingerprint density at radius 1 is 1.08 bits per heavy atom. The molecule has 3 rings (SSSR count). The van der Waals surface area contributed by atoms with Crippen molar-refractivity contribution in [3.05, 3.63) is 70.5 Å². The summed E-state index contributed by atoms with van der Waals surface area (Å²) in [5.74, 6) is -1.06. The van der Waals surface area contributed by atoms with Gasteiger partial charge >= 0.3 is 5.97 Å². The maximum absolute atomic E-state index is 13.0. The molecule has 0 atom stereocenters. The van der Waals surface area contributed by atoms with Crippen LogP contribution in [0, 0.1) is 12.7 Å². The third kappa shape index (κ3) is 3.78. The van der Waals surface area contributed by atoms with Crippen LogP contribution in [0.15, 0.2) is 48.5 Å². The molecule has 0 radical (unpaired) electrons. The van der Waals surface area contributed by atoms with E-state index < -0.39 is 5.97 Å². The number of carbonyl (C=O) groups is 2. The molecule has 0 unspecified atom stereocenters. The van der Waals surface area contributed by atoms with Crippen LogP contribution < -0.4 is 5.32 Å². The van der Waals surface area contributed by atoms with Crippen LogP contribution in [0.25, 0.3) is 10.6 Å². The van der Waals surface area contributed by atoms with Gasteiger partial charge in [0.1, 0.15) is 15.7 Å². The Hall–Kier alpha value is -3.06. The number of rotatable bonds is 4. The second-order valence-corrected chi connectivity index (χ2v) is 6.46. The molecule has 5 nitrogen and oxygen atoms in total. The van der Waals surface area contributed by atoms with Gasteiger partial charge in [-0.1, -0.05) is 0 Å². The van der Waals surface area contributed by atoms with Crippen LogP contribution in [0.4, 0.5) is 10.1 Å². The fraction of sp³-hybridized carbons (Fsp3) is 0.105. The van der Waals surface area contributed by atoms with E-state index in [1.54, 1.807) is 43.3 Å². The Kier molecular flexibility index (Phi) is 5.09. The summed E-state index contributed by atoms with van der Waals surface area (Å²) in [5.41, 5.74) is 2.30. The molecule has 2 aromatic carbocycles. The molecule has 7 heteroatoms. The van der Waals surface area contributed by atoms with Crippen LogP contribution >= 0.6 is 11.3 Å². The second-order valence-electron chi connectivity index (χ2n) is 5.46. The predicted molar refractivity (Wildman–Crippen MR) is 98.0 cm³/mol. The zero-order chi connectivity index (χ0) is 18.7. The van der Waals surface area contributed by atoms with Crippen molar-refractivity contribution in [2.45, 2.75) is 6.92 Å². The number of methoxy groups -OCH3 is 1. The van der Waals surface area contributed by atoms with Crippen molar-refractivity contribution < 1.29 is 18.7 Å². The molecule has 132 valence electrons. The minimum atomic E-state index is -0.440. The number of hydrogen-bond donors (Lipinski definition) is 1.